The molecule has 5 nitrogen and oxygen atoms in total. The average molecular weight is 259 g/mol. The SMILES string of the molecule is CNC1CCCc2c(OCc3ncon3)cccc21. The summed E-state index contributed by atoms with van der Waals surface area (Å²) in [6, 6.07) is 6.66. The molecular formula is C14H17N3O2. The van der Waals surface area contributed by atoms with Crippen LogP contribution in [0.15, 0.2) is 29.1 Å². The molecule has 1 aromatic carbocycles. The maximum absolute atomic E-state index is 5.83. The molecule has 1 unspecified atom stereocenters. The van der Waals surface area contributed by atoms with Crippen molar-refractivity contribution in [3.8, 4) is 5.75 Å². The van der Waals surface area contributed by atoms with Crippen molar-refractivity contribution in [3.05, 3.63) is 41.5 Å². The van der Waals surface area contributed by atoms with Gasteiger partial charge in [-0.15, -0.1) is 0 Å². The first-order valence-corrected chi connectivity index (χ1v) is 6.55. The lowest BCUT2D eigenvalue weighted by Crippen LogP contribution is -2.22. The van der Waals surface area contributed by atoms with Crippen LogP contribution in [0.1, 0.15) is 35.8 Å². The molecule has 0 radical (unpaired) electrons. The van der Waals surface area contributed by atoms with Gasteiger partial charge in [-0.3, -0.25) is 0 Å². The lowest BCUT2D eigenvalue weighted by Gasteiger charge is -2.26. The zero-order valence-corrected chi connectivity index (χ0v) is 10.9. The van der Waals surface area contributed by atoms with Crippen molar-refractivity contribution in [2.75, 3.05) is 7.05 Å². The predicted octanol–water partition coefficient (Wildman–Crippen LogP) is 2.25. The summed E-state index contributed by atoms with van der Waals surface area (Å²) >= 11 is 0. The maximum atomic E-state index is 5.83. The normalized spacial score (nSPS) is 18.1. The molecule has 3 rings (SSSR count). The van der Waals surface area contributed by atoms with Crippen LogP contribution in [0, 0.1) is 0 Å². The minimum atomic E-state index is 0.344. The number of ether oxygens (including phenoxy) is 1. The van der Waals surface area contributed by atoms with Crippen LogP contribution < -0.4 is 10.1 Å². The predicted molar refractivity (Wildman–Crippen MR) is 69.8 cm³/mol. The van der Waals surface area contributed by atoms with Crippen LogP contribution in [-0.4, -0.2) is 17.2 Å². The van der Waals surface area contributed by atoms with Crippen LogP contribution in [0.25, 0.3) is 0 Å². The van der Waals surface area contributed by atoms with Crippen molar-refractivity contribution in [1.29, 1.82) is 0 Å². The van der Waals surface area contributed by atoms with Crippen LogP contribution in [0.4, 0.5) is 0 Å². The molecule has 1 atom stereocenters. The first kappa shape index (κ1) is 12.2. The number of hydrogen-bond donors (Lipinski definition) is 1. The van der Waals surface area contributed by atoms with Gasteiger partial charge in [0.1, 0.15) is 5.75 Å². The van der Waals surface area contributed by atoms with E-state index in [0.717, 1.165) is 12.2 Å². The molecule has 0 fully saturated rings. The number of benzene rings is 1. The summed E-state index contributed by atoms with van der Waals surface area (Å²) < 4.78 is 10.5. The fourth-order valence-electron chi connectivity index (χ4n) is 2.65. The van der Waals surface area contributed by atoms with Crippen LogP contribution >= 0.6 is 0 Å². The molecule has 1 N–H and O–H groups in total. The van der Waals surface area contributed by atoms with Gasteiger partial charge in [0.2, 0.25) is 12.2 Å². The van der Waals surface area contributed by atoms with Crippen LogP contribution in [0.3, 0.4) is 0 Å². The highest BCUT2D eigenvalue weighted by atomic mass is 16.5. The van der Waals surface area contributed by atoms with E-state index in [-0.39, 0.29) is 0 Å². The highest BCUT2D eigenvalue weighted by Crippen LogP contribution is 2.35. The van der Waals surface area contributed by atoms with Gasteiger partial charge in [-0.05, 0) is 43.5 Å². The Morgan fingerprint density at radius 3 is 3.21 bits per heavy atom. The molecule has 0 spiro atoms. The summed E-state index contributed by atoms with van der Waals surface area (Å²) in [6.07, 6.45) is 4.74. The molecule has 100 valence electrons. The Hall–Kier alpha value is -1.88. The highest BCUT2D eigenvalue weighted by molar-refractivity contribution is 5.43. The third-order valence-electron chi connectivity index (χ3n) is 3.58. The van der Waals surface area contributed by atoms with Gasteiger partial charge in [-0.25, -0.2) is 0 Å². The summed E-state index contributed by atoms with van der Waals surface area (Å²) in [5, 5.41) is 7.11. The Morgan fingerprint density at radius 2 is 2.42 bits per heavy atom. The van der Waals surface area contributed by atoms with Gasteiger partial charge in [-0.2, -0.15) is 4.98 Å². The average Bonchev–Trinajstić information content (AvgIpc) is 2.97. The fraction of sp³-hybridized carbons (Fsp3) is 0.429. The highest BCUT2D eigenvalue weighted by Gasteiger charge is 2.21. The van der Waals surface area contributed by atoms with E-state index in [1.165, 1.54) is 30.4 Å². The van der Waals surface area contributed by atoms with Crippen molar-refractivity contribution in [1.82, 2.24) is 15.5 Å². The molecule has 19 heavy (non-hydrogen) atoms. The molecule has 2 aromatic rings. The van der Waals surface area contributed by atoms with E-state index in [2.05, 4.69) is 21.5 Å². The standard InChI is InChI=1S/C14H17N3O2/c1-15-12-6-2-5-11-10(12)4-3-7-13(11)18-8-14-16-9-19-17-14/h3-4,7,9,12,15H,2,5-6,8H2,1H3. The quantitative estimate of drug-likeness (QED) is 0.912. The summed E-state index contributed by atoms with van der Waals surface area (Å²) in [6.45, 7) is 0.344. The zero-order chi connectivity index (χ0) is 13.1. The van der Waals surface area contributed by atoms with Crippen molar-refractivity contribution in [2.45, 2.75) is 31.9 Å². The monoisotopic (exact) mass is 259 g/mol. The number of fused-ring (bicyclic) bond motifs is 1. The molecule has 0 saturated carbocycles. The van der Waals surface area contributed by atoms with Crippen molar-refractivity contribution < 1.29 is 9.26 Å². The molecule has 0 bridgehead atoms. The largest absolute Gasteiger partial charge is 0.485 e. The summed E-state index contributed by atoms with van der Waals surface area (Å²) in [5.41, 5.74) is 2.65. The van der Waals surface area contributed by atoms with E-state index >= 15 is 0 Å². The van der Waals surface area contributed by atoms with E-state index in [1.807, 2.05) is 19.2 Å². The molecule has 1 aliphatic rings. The topological polar surface area (TPSA) is 60.2 Å². The molecule has 5 heteroatoms. The summed E-state index contributed by atoms with van der Waals surface area (Å²) in [5.74, 6) is 1.50. The Bertz CT molecular complexity index is 540. The van der Waals surface area contributed by atoms with E-state index in [4.69, 9.17) is 9.26 Å². The number of rotatable bonds is 4. The Morgan fingerprint density at radius 1 is 1.47 bits per heavy atom. The van der Waals surface area contributed by atoms with Crippen molar-refractivity contribution in [3.63, 3.8) is 0 Å². The lowest BCUT2D eigenvalue weighted by atomic mass is 9.87. The first-order chi connectivity index (χ1) is 9.38. The van der Waals surface area contributed by atoms with E-state index in [9.17, 15) is 0 Å². The number of hydrogen-bond acceptors (Lipinski definition) is 5. The minimum absolute atomic E-state index is 0.344. The van der Waals surface area contributed by atoms with Crippen LogP contribution in [0.5, 0.6) is 5.75 Å². The van der Waals surface area contributed by atoms with E-state index in [0.29, 0.717) is 18.5 Å². The van der Waals surface area contributed by atoms with Gasteiger partial charge in [0.15, 0.2) is 6.61 Å². The van der Waals surface area contributed by atoms with Gasteiger partial charge < -0.3 is 14.6 Å². The van der Waals surface area contributed by atoms with Crippen molar-refractivity contribution >= 4 is 0 Å². The van der Waals surface area contributed by atoms with Crippen LogP contribution in [0.2, 0.25) is 0 Å². The van der Waals surface area contributed by atoms with Gasteiger partial charge >= 0.3 is 0 Å². The van der Waals surface area contributed by atoms with Gasteiger partial charge in [-0.1, -0.05) is 17.3 Å². The molecule has 0 amide bonds. The second-order valence-electron chi connectivity index (χ2n) is 4.69. The summed E-state index contributed by atoms with van der Waals surface area (Å²) in [4.78, 5) is 3.96. The van der Waals surface area contributed by atoms with E-state index < -0.39 is 0 Å². The Labute approximate surface area is 112 Å². The third kappa shape index (κ3) is 2.46. The Balaban J connectivity index is 1.82. The smallest absolute Gasteiger partial charge is 0.213 e. The molecular weight excluding hydrogens is 242 g/mol. The fourth-order valence-corrected chi connectivity index (χ4v) is 2.65. The van der Waals surface area contributed by atoms with Crippen LogP contribution in [-0.2, 0) is 13.0 Å². The summed E-state index contributed by atoms with van der Waals surface area (Å²) in [7, 11) is 2.01. The number of aromatic nitrogens is 2. The molecule has 0 aliphatic heterocycles. The molecule has 1 heterocycles. The van der Waals surface area contributed by atoms with Gasteiger partial charge in [0.05, 0.1) is 0 Å². The second kappa shape index (κ2) is 5.40. The maximum Gasteiger partial charge on any atom is 0.213 e. The van der Waals surface area contributed by atoms with Crippen molar-refractivity contribution in [2.24, 2.45) is 0 Å². The first-order valence-electron chi connectivity index (χ1n) is 6.55. The molecule has 0 saturated heterocycles. The third-order valence-corrected chi connectivity index (χ3v) is 3.58. The molecule has 1 aromatic heterocycles. The zero-order valence-electron chi connectivity index (χ0n) is 10.9. The van der Waals surface area contributed by atoms with E-state index in [1.54, 1.807) is 0 Å². The molecule has 1 aliphatic carbocycles. The lowest BCUT2D eigenvalue weighted by molar-refractivity contribution is 0.281. The second-order valence-corrected chi connectivity index (χ2v) is 4.69. The minimum Gasteiger partial charge on any atom is -0.485 e. The number of nitrogens with zero attached hydrogens (tertiary/aromatic N) is 2. The number of nitrogens with one attached hydrogen (secondary N) is 1. The van der Waals surface area contributed by atoms with Gasteiger partial charge in [0, 0.05) is 6.04 Å². The Kier molecular flexibility index (Phi) is 3.46. The van der Waals surface area contributed by atoms with Gasteiger partial charge in [0.25, 0.3) is 0 Å².